The Hall–Kier alpha value is -1.56. The SMILES string of the molecule is CCCC(CCN)CNC(=O)c1c(F)cc(F)cc1F. The number of hydrogen-bond donors (Lipinski definition) is 2. The number of amides is 1. The maximum absolute atomic E-state index is 13.4. The molecule has 0 saturated carbocycles. The number of carbonyl (C=O) groups excluding carboxylic acids is 1. The number of rotatable bonds is 7. The van der Waals surface area contributed by atoms with Gasteiger partial charge in [-0.1, -0.05) is 13.3 Å². The van der Waals surface area contributed by atoms with Crippen LogP contribution in [0.1, 0.15) is 36.5 Å². The Balaban J connectivity index is 2.71. The van der Waals surface area contributed by atoms with Crippen LogP contribution in [0, 0.1) is 23.4 Å². The molecule has 1 aromatic carbocycles. The summed E-state index contributed by atoms with van der Waals surface area (Å²) in [6, 6.07) is 0.975. The first kappa shape index (κ1) is 16.5. The molecule has 20 heavy (non-hydrogen) atoms. The lowest BCUT2D eigenvalue weighted by Crippen LogP contribution is -2.31. The largest absolute Gasteiger partial charge is 0.352 e. The monoisotopic (exact) mass is 288 g/mol. The average molecular weight is 288 g/mol. The molecule has 0 aliphatic rings. The van der Waals surface area contributed by atoms with Crippen LogP contribution in [0.4, 0.5) is 13.2 Å². The second kappa shape index (κ2) is 7.89. The number of carbonyl (C=O) groups is 1. The third-order valence-corrected chi connectivity index (χ3v) is 3.06. The molecule has 1 aromatic rings. The van der Waals surface area contributed by atoms with Gasteiger partial charge in [0.25, 0.3) is 5.91 Å². The summed E-state index contributed by atoms with van der Waals surface area (Å²) in [6.45, 7) is 2.78. The lowest BCUT2D eigenvalue weighted by molar-refractivity contribution is 0.0937. The molecule has 0 heterocycles. The van der Waals surface area contributed by atoms with Crippen LogP contribution in [-0.2, 0) is 0 Å². The molecule has 1 atom stereocenters. The summed E-state index contributed by atoms with van der Waals surface area (Å²) < 4.78 is 39.6. The van der Waals surface area contributed by atoms with E-state index in [0.717, 1.165) is 19.3 Å². The highest BCUT2D eigenvalue weighted by atomic mass is 19.1. The Morgan fingerprint density at radius 3 is 2.35 bits per heavy atom. The van der Waals surface area contributed by atoms with Gasteiger partial charge in [-0.2, -0.15) is 0 Å². The number of halogens is 3. The van der Waals surface area contributed by atoms with Gasteiger partial charge >= 0.3 is 0 Å². The van der Waals surface area contributed by atoms with Gasteiger partial charge in [-0.25, -0.2) is 13.2 Å². The maximum Gasteiger partial charge on any atom is 0.257 e. The molecule has 0 aromatic heterocycles. The molecule has 0 spiro atoms. The Morgan fingerprint density at radius 2 is 1.85 bits per heavy atom. The van der Waals surface area contributed by atoms with Gasteiger partial charge in [0.1, 0.15) is 23.0 Å². The van der Waals surface area contributed by atoms with Gasteiger partial charge in [0.15, 0.2) is 0 Å². The van der Waals surface area contributed by atoms with Crippen LogP contribution < -0.4 is 11.1 Å². The normalized spacial score (nSPS) is 12.2. The van der Waals surface area contributed by atoms with Crippen molar-refractivity contribution in [2.75, 3.05) is 13.1 Å². The quantitative estimate of drug-likeness (QED) is 0.810. The molecule has 0 fully saturated rings. The van der Waals surface area contributed by atoms with Crippen LogP contribution in [0.5, 0.6) is 0 Å². The van der Waals surface area contributed by atoms with E-state index in [9.17, 15) is 18.0 Å². The van der Waals surface area contributed by atoms with E-state index >= 15 is 0 Å². The smallest absolute Gasteiger partial charge is 0.257 e. The second-order valence-corrected chi connectivity index (χ2v) is 4.69. The van der Waals surface area contributed by atoms with Crippen LogP contribution in [0.2, 0.25) is 0 Å². The summed E-state index contributed by atoms with van der Waals surface area (Å²) >= 11 is 0. The van der Waals surface area contributed by atoms with Crippen molar-refractivity contribution in [3.8, 4) is 0 Å². The van der Waals surface area contributed by atoms with Crippen molar-refractivity contribution >= 4 is 5.91 Å². The summed E-state index contributed by atoms with van der Waals surface area (Å²) in [5.41, 5.74) is 4.71. The Kier molecular flexibility index (Phi) is 6.51. The van der Waals surface area contributed by atoms with E-state index in [1.54, 1.807) is 0 Å². The van der Waals surface area contributed by atoms with Crippen molar-refractivity contribution in [3.05, 3.63) is 35.1 Å². The van der Waals surface area contributed by atoms with E-state index in [4.69, 9.17) is 5.73 Å². The van der Waals surface area contributed by atoms with Crippen molar-refractivity contribution in [2.45, 2.75) is 26.2 Å². The summed E-state index contributed by atoms with van der Waals surface area (Å²) in [5, 5.41) is 2.47. The van der Waals surface area contributed by atoms with E-state index < -0.39 is 28.9 Å². The van der Waals surface area contributed by atoms with Crippen LogP contribution in [0.3, 0.4) is 0 Å². The minimum absolute atomic E-state index is 0.167. The Labute approximate surface area is 116 Å². The zero-order valence-electron chi connectivity index (χ0n) is 11.4. The molecule has 1 amide bonds. The fourth-order valence-corrected chi connectivity index (χ4v) is 2.08. The molecule has 0 aliphatic carbocycles. The Morgan fingerprint density at radius 1 is 1.25 bits per heavy atom. The standard InChI is InChI=1S/C14H19F3N2O/c1-2-3-9(4-5-18)8-19-14(20)13-11(16)6-10(15)7-12(13)17/h6-7,9H,2-5,8,18H2,1H3,(H,19,20). The molecular weight excluding hydrogens is 269 g/mol. The van der Waals surface area contributed by atoms with E-state index in [1.165, 1.54) is 0 Å². The van der Waals surface area contributed by atoms with Gasteiger partial charge in [-0.15, -0.1) is 0 Å². The van der Waals surface area contributed by atoms with E-state index in [-0.39, 0.29) is 5.92 Å². The average Bonchev–Trinajstić information content (AvgIpc) is 2.35. The van der Waals surface area contributed by atoms with Crippen molar-refractivity contribution in [3.63, 3.8) is 0 Å². The molecule has 0 bridgehead atoms. The highest BCUT2D eigenvalue weighted by Gasteiger charge is 2.19. The van der Waals surface area contributed by atoms with Crippen LogP contribution in [0.15, 0.2) is 12.1 Å². The first-order valence-corrected chi connectivity index (χ1v) is 6.62. The molecule has 6 heteroatoms. The van der Waals surface area contributed by atoms with Gasteiger partial charge in [0.05, 0.1) is 0 Å². The molecular formula is C14H19F3N2O. The molecule has 112 valence electrons. The summed E-state index contributed by atoms with van der Waals surface area (Å²) in [4.78, 5) is 11.8. The molecule has 0 saturated heterocycles. The van der Waals surface area contributed by atoms with Crippen LogP contribution in [-0.4, -0.2) is 19.0 Å². The van der Waals surface area contributed by atoms with E-state index in [0.29, 0.717) is 25.2 Å². The number of benzene rings is 1. The number of nitrogens with one attached hydrogen (secondary N) is 1. The van der Waals surface area contributed by atoms with Crippen LogP contribution >= 0.6 is 0 Å². The topological polar surface area (TPSA) is 55.1 Å². The molecule has 3 N–H and O–H groups in total. The highest BCUT2D eigenvalue weighted by molar-refractivity contribution is 5.94. The number of nitrogens with two attached hydrogens (primary N) is 1. The number of hydrogen-bond acceptors (Lipinski definition) is 2. The first-order valence-electron chi connectivity index (χ1n) is 6.62. The maximum atomic E-state index is 13.4. The van der Waals surface area contributed by atoms with Crippen molar-refractivity contribution in [1.29, 1.82) is 0 Å². The molecule has 0 radical (unpaired) electrons. The first-order chi connectivity index (χ1) is 9.49. The predicted octanol–water partition coefficient (Wildman–Crippen LogP) is 2.60. The second-order valence-electron chi connectivity index (χ2n) is 4.69. The predicted molar refractivity (Wildman–Crippen MR) is 70.7 cm³/mol. The Bertz CT molecular complexity index is 437. The molecule has 3 nitrogen and oxygen atoms in total. The fourth-order valence-electron chi connectivity index (χ4n) is 2.08. The highest BCUT2D eigenvalue weighted by Crippen LogP contribution is 2.15. The van der Waals surface area contributed by atoms with Gasteiger partial charge in [0.2, 0.25) is 0 Å². The van der Waals surface area contributed by atoms with E-state index in [2.05, 4.69) is 5.32 Å². The fraction of sp³-hybridized carbons (Fsp3) is 0.500. The van der Waals surface area contributed by atoms with Crippen LogP contribution in [0.25, 0.3) is 0 Å². The molecule has 1 rings (SSSR count). The van der Waals surface area contributed by atoms with Crippen molar-refractivity contribution in [2.24, 2.45) is 11.7 Å². The summed E-state index contributed by atoms with van der Waals surface area (Å²) in [6.07, 6.45) is 2.52. The van der Waals surface area contributed by atoms with Gasteiger partial charge < -0.3 is 11.1 Å². The lowest BCUT2D eigenvalue weighted by Gasteiger charge is -2.16. The third-order valence-electron chi connectivity index (χ3n) is 3.06. The summed E-state index contributed by atoms with van der Waals surface area (Å²) in [5.74, 6) is -4.17. The van der Waals surface area contributed by atoms with Crippen molar-refractivity contribution in [1.82, 2.24) is 5.32 Å². The zero-order chi connectivity index (χ0) is 15.1. The molecule has 0 aliphatic heterocycles. The van der Waals surface area contributed by atoms with Crippen molar-refractivity contribution < 1.29 is 18.0 Å². The van der Waals surface area contributed by atoms with Gasteiger partial charge in [0, 0.05) is 18.7 Å². The molecule has 1 unspecified atom stereocenters. The zero-order valence-corrected chi connectivity index (χ0v) is 11.4. The van der Waals surface area contributed by atoms with Gasteiger partial charge in [-0.3, -0.25) is 4.79 Å². The lowest BCUT2D eigenvalue weighted by atomic mass is 9.99. The minimum Gasteiger partial charge on any atom is -0.352 e. The summed E-state index contributed by atoms with van der Waals surface area (Å²) in [7, 11) is 0. The van der Waals surface area contributed by atoms with E-state index in [1.807, 2.05) is 6.92 Å². The third kappa shape index (κ3) is 4.52. The minimum atomic E-state index is -1.20. The van der Waals surface area contributed by atoms with Gasteiger partial charge in [-0.05, 0) is 25.3 Å².